The highest BCUT2D eigenvalue weighted by molar-refractivity contribution is 6.07. The Bertz CT molecular complexity index is 1610. The van der Waals surface area contributed by atoms with Crippen molar-refractivity contribution in [3.8, 4) is 34.5 Å². The monoisotopic (exact) mass is 550 g/mol. The van der Waals surface area contributed by atoms with Crippen LogP contribution in [0.3, 0.4) is 0 Å². The summed E-state index contributed by atoms with van der Waals surface area (Å²) in [5, 5.41) is 21.0. The van der Waals surface area contributed by atoms with Crippen molar-refractivity contribution in [2.45, 2.75) is 46.5 Å². The Balaban J connectivity index is 1.51. The maximum absolute atomic E-state index is 12.0. The molecule has 4 aromatic rings. The largest absolute Gasteiger partial charge is 0.508 e. The minimum Gasteiger partial charge on any atom is -0.508 e. The summed E-state index contributed by atoms with van der Waals surface area (Å²) >= 11 is 0. The Hall–Kier alpha value is -4.84. The van der Waals surface area contributed by atoms with Crippen LogP contribution in [0.5, 0.6) is 34.5 Å². The molecule has 0 aliphatic rings. The van der Waals surface area contributed by atoms with E-state index in [9.17, 15) is 19.8 Å². The second kappa shape index (κ2) is 11.7. The van der Waals surface area contributed by atoms with Gasteiger partial charge in [-0.3, -0.25) is 9.59 Å². The fourth-order valence-electron chi connectivity index (χ4n) is 4.86. The van der Waals surface area contributed by atoms with Crippen molar-refractivity contribution in [2.75, 3.05) is 0 Å². The van der Waals surface area contributed by atoms with Gasteiger partial charge in [0.1, 0.15) is 23.0 Å². The third-order valence-corrected chi connectivity index (χ3v) is 7.31. The first-order valence-corrected chi connectivity index (χ1v) is 13.4. The maximum Gasteiger partial charge on any atom is 0.173 e. The van der Waals surface area contributed by atoms with Crippen LogP contribution in [-0.2, 0) is 11.8 Å². The lowest BCUT2D eigenvalue weighted by Gasteiger charge is -2.26. The average molecular weight is 551 g/mol. The number of phenolic OH excluding ortho intramolecular Hbond substituents is 2. The van der Waals surface area contributed by atoms with Gasteiger partial charge in [0.25, 0.3) is 0 Å². The van der Waals surface area contributed by atoms with Crippen molar-refractivity contribution >= 4 is 17.6 Å². The number of aromatic hydroxyl groups is 2. The van der Waals surface area contributed by atoms with E-state index in [1.807, 2.05) is 55.5 Å². The van der Waals surface area contributed by atoms with Gasteiger partial charge < -0.3 is 19.7 Å². The summed E-state index contributed by atoms with van der Waals surface area (Å²) in [6.07, 6.45) is 2.06. The molecular weight excluding hydrogens is 516 g/mol. The molecule has 6 heteroatoms. The van der Waals surface area contributed by atoms with Crippen LogP contribution in [-0.4, -0.2) is 21.8 Å². The summed E-state index contributed by atoms with van der Waals surface area (Å²) in [5.41, 5.74) is 3.55. The van der Waals surface area contributed by atoms with Gasteiger partial charge in [-0.25, -0.2) is 0 Å². The van der Waals surface area contributed by atoms with E-state index in [0.29, 0.717) is 45.9 Å². The highest BCUT2D eigenvalue weighted by Crippen LogP contribution is 2.42. The SMILES string of the molecule is C=Cc1c(O)c(Oc2ccc(C(C)(C)c3ccc(Oc4ccc(C(C)=O)c(C(C)=O)c4)cc3)cc2)cc(O)c1CC. The van der Waals surface area contributed by atoms with Crippen LogP contribution in [0, 0.1) is 0 Å². The van der Waals surface area contributed by atoms with Gasteiger partial charge in [0.2, 0.25) is 0 Å². The van der Waals surface area contributed by atoms with Crippen LogP contribution in [0.2, 0.25) is 0 Å². The predicted octanol–water partition coefficient (Wildman–Crippen LogP) is 8.62. The molecule has 4 rings (SSSR count). The Morgan fingerprint density at radius 1 is 0.780 bits per heavy atom. The molecule has 0 saturated carbocycles. The first-order valence-electron chi connectivity index (χ1n) is 13.4. The molecule has 0 heterocycles. The summed E-state index contributed by atoms with van der Waals surface area (Å²) in [5.74, 6) is 1.38. The van der Waals surface area contributed by atoms with E-state index in [-0.39, 0.29) is 34.2 Å². The Labute approximate surface area is 240 Å². The zero-order valence-corrected chi connectivity index (χ0v) is 23.9. The standard InChI is InChI=1S/C35H34O6/c1-7-28-29(8-2)34(39)33(20-32(28)38)41-26-15-11-24(12-16-26)35(5,6)23-9-13-25(14-10-23)40-27-17-18-30(21(3)36)31(19-27)22(4)37/h8-20,38-39H,2,7H2,1,3-6H3. The highest BCUT2D eigenvalue weighted by Gasteiger charge is 2.24. The van der Waals surface area contributed by atoms with Gasteiger partial charge >= 0.3 is 0 Å². The van der Waals surface area contributed by atoms with E-state index in [1.165, 1.54) is 26.0 Å². The van der Waals surface area contributed by atoms with Crippen LogP contribution in [0.1, 0.15) is 77.6 Å². The van der Waals surface area contributed by atoms with Gasteiger partial charge in [0, 0.05) is 33.7 Å². The fraction of sp³-hybridized carbons (Fsp3) is 0.200. The molecule has 6 nitrogen and oxygen atoms in total. The molecule has 0 aliphatic carbocycles. The summed E-state index contributed by atoms with van der Waals surface area (Å²) in [6.45, 7) is 12.7. The average Bonchev–Trinajstić information content (AvgIpc) is 2.95. The molecule has 2 N–H and O–H groups in total. The molecule has 0 aliphatic heterocycles. The van der Waals surface area contributed by atoms with Crippen molar-refractivity contribution in [1.82, 2.24) is 0 Å². The molecule has 0 spiro atoms. The van der Waals surface area contributed by atoms with E-state index in [1.54, 1.807) is 18.2 Å². The lowest BCUT2D eigenvalue weighted by Crippen LogP contribution is -2.18. The molecule has 210 valence electrons. The first kappa shape index (κ1) is 29.2. The quantitative estimate of drug-likeness (QED) is 0.152. The summed E-state index contributed by atoms with van der Waals surface area (Å²) < 4.78 is 11.9. The molecule has 4 aromatic carbocycles. The molecule has 0 unspecified atom stereocenters. The maximum atomic E-state index is 12.0. The number of ether oxygens (including phenoxy) is 2. The second-order valence-electron chi connectivity index (χ2n) is 10.4. The topological polar surface area (TPSA) is 93.1 Å². The van der Waals surface area contributed by atoms with Crippen LogP contribution >= 0.6 is 0 Å². The molecular formula is C35H34O6. The Kier molecular flexibility index (Phi) is 8.33. The van der Waals surface area contributed by atoms with Gasteiger partial charge in [0.05, 0.1) is 0 Å². The van der Waals surface area contributed by atoms with Gasteiger partial charge in [-0.05, 0) is 73.9 Å². The van der Waals surface area contributed by atoms with Crippen molar-refractivity contribution in [3.63, 3.8) is 0 Å². The predicted molar refractivity (Wildman–Crippen MR) is 161 cm³/mol. The second-order valence-corrected chi connectivity index (χ2v) is 10.4. The van der Waals surface area contributed by atoms with E-state index in [0.717, 1.165) is 11.1 Å². The molecule has 0 amide bonds. The van der Waals surface area contributed by atoms with Crippen LogP contribution in [0.4, 0.5) is 0 Å². The van der Waals surface area contributed by atoms with Gasteiger partial charge in [-0.15, -0.1) is 0 Å². The molecule has 0 atom stereocenters. The number of carbonyl (C=O) groups is 2. The molecule has 0 bridgehead atoms. The normalized spacial score (nSPS) is 11.1. The van der Waals surface area contributed by atoms with E-state index >= 15 is 0 Å². The smallest absolute Gasteiger partial charge is 0.173 e. The van der Waals surface area contributed by atoms with Crippen LogP contribution in [0.25, 0.3) is 6.08 Å². The van der Waals surface area contributed by atoms with Crippen molar-refractivity contribution in [3.05, 3.63) is 113 Å². The zero-order valence-electron chi connectivity index (χ0n) is 23.9. The van der Waals surface area contributed by atoms with Crippen LogP contribution in [0.15, 0.2) is 79.4 Å². The van der Waals surface area contributed by atoms with Gasteiger partial charge in [-0.2, -0.15) is 0 Å². The summed E-state index contributed by atoms with van der Waals surface area (Å²) in [6, 6.07) is 21.6. The minimum absolute atomic E-state index is 0.0488. The molecule has 41 heavy (non-hydrogen) atoms. The first-order chi connectivity index (χ1) is 19.5. The third kappa shape index (κ3) is 6.02. The lowest BCUT2D eigenvalue weighted by atomic mass is 9.78. The molecule has 0 radical (unpaired) electrons. The summed E-state index contributed by atoms with van der Waals surface area (Å²) in [4.78, 5) is 23.9. The van der Waals surface area contributed by atoms with E-state index in [4.69, 9.17) is 9.47 Å². The Morgan fingerprint density at radius 2 is 1.29 bits per heavy atom. The van der Waals surface area contributed by atoms with Crippen LogP contribution < -0.4 is 9.47 Å². The number of hydrogen-bond acceptors (Lipinski definition) is 6. The number of carbonyl (C=O) groups excluding carboxylic acids is 2. The van der Waals surface area contributed by atoms with Gasteiger partial charge in [-0.1, -0.05) is 57.7 Å². The van der Waals surface area contributed by atoms with E-state index in [2.05, 4.69) is 20.4 Å². The lowest BCUT2D eigenvalue weighted by molar-refractivity contribution is 0.0980. The van der Waals surface area contributed by atoms with Crippen molar-refractivity contribution in [1.29, 1.82) is 0 Å². The minimum atomic E-state index is -0.346. The number of Topliss-reactive ketones (excluding diaryl/α,β-unsaturated/α-hetero) is 2. The fourth-order valence-corrected chi connectivity index (χ4v) is 4.86. The van der Waals surface area contributed by atoms with Crippen molar-refractivity contribution < 1.29 is 29.3 Å². The number of benzene rings is 4. The van der Waals surface area contributed by atoms with Crippen molar-refractivity contribution in [2.24, 2.45) is 0 Å². The number of phenols is 2. The third-order valence-electron chi connectivity index (χ3n) is 7.31. The summed E-state index contributed by atoms with van der Waals surface area (Å²) in [7, 11) is 0. The number of ketones is 2. The Morgan fingerprint density at radius 3 is 1.78 bits per heavy atom. The molecule has 0 saturated heterocycles. The highest BCUT2D eigenvalue weighted by atomic mass is 16.5. The van der Waals surface area contributed by atoms with E-state index < -0.39 is 0 Å². The zero-order chi connectivity index (χ0) is 29.9. The molecule has 0 fully saturated rings. The number of hydrogen-bond donors (Lipinski definition) is 2. The molecule has 0 aromatic heterocycles. The van der Waals surface area contributed by atoms with Gasteiger partial charge in [0.15, 0.2) is 23.1 Å². The number of rotatable bonds is 10.